The summed E-state index contributed by atoms with van der Waals surface area (Å²) in [6.07, 6.45) is 0. The molecule has 70 valence electrons. The van der Waals surface area contributed by atoms with Gasteiger partial charge in [-0.2, -0.15) is 0 Å². The van der Waals surface area contributed by atoms with Crippen molar-refractivity contribution in [3.8, 4) is 0 Å². The Bertz CT molecular complexity index is 396. The molecular formula is C4H6N6O2S. The highest BCUT2D eigenvalue weighted by atomic mass is 32.2. The van der Waals surface area contributed by atoms with Gasteiger partial charge in [0.1, 0.15) is 0 Å². The standard InChI is InChI=1S/C4H6N6O2S/c1-3-4(7-9-5,8-10-6)2-13(3,11)12/h3H,2H2,1H3. The molecule has 1 fully saturated rings. The Balaban J connectivity index is 3.14. The summed E-state index contributed by atoms with van der Waals surface area (Å²) >= 11 is 0. The lowest BCUT2D eigenvalue weighted by Gasteiger charge is -2.39. The Labute approximate surface area is 73.7 Å². The number of nitrogens with zero attached hydrogens (tertiary/aromatic N) is 6. The van der Waals surface area contributed by atoms with Gasteiger partial charge in [-0.1, -0.05) is 10.2 Å². The van der Waals surface area contributed by atoms with Gasteiger partial charge in [0.25, 0.3) is 0 Å². The molecule has 0 aliphatic carbocycles. The molecule has 0 amide bonds. The molecule has 1 rings (SSSR count). The van der Waals surface area contributed by atoms with Gasteiger partial charge in [0.2, 0.25) is 0 Å². The third-order valence-corrected chi connectivity index (χ3v) is 4.32. The van der Waals surface area contributed by atoms with Crippen LogP contribution in [0.15, 0.2) is 10.2 Å². The first kappa shape index (κ1) is 9.66. The monoisotopic (exact) mass is 202 g/mol. The van der Waals surface area contributed by atoms with Crippen molar-refractivity contribution in [1.82, 2.24) is 0 Å². The van der Waals surface area contributed by atoms with Crippen LogP contribution in [0.4, 0.5) is 0 Å². The summed E-state index contributed by atoms with van der Waals surface area (Å²) in [5, 5.41) is 5.48. The Hall–Kier alpha value is -1.43. The summed E-state index contributed by atoms with van der Waals surface area (Å²) in [5.74, 6) is -0.407. The van der Waals surface area contributed by atoms with Crippen LogP contribution in [0, 0.1) is 0 Å². The predicted molar refractivity (Wildman–Crippen MR) is 44.3 cm³/mol. The minimum absolute atomic E-state index is 0.407. The second-order valence-electron chi connectivity index (χ2n) is 2.71. The predicted octanol–water partition coefficient (Wildman–Crippen LogP) is 1.12. The van der Waals surface area contributed by atoms with E-state index in [1.165, 1.54) is 6.92 Å². The minimum atomic E-state index is -3.24. The number of rotatable bonds is 2. The van der Waals surface area contributed by atoms with Gasteiger partial charge in [0, 0.05) is 9.82 Å². The molecule has 1 aliphatic rings. The molecular weight excluding hydrogens is 196 g/mol. The normalized spacial score (nSPS) is 35.0. The molecule has 0 radical (unpaired) electrons. The molecule has 1 unspecified atom stereocenters. The van der Waals surface area contributed by atoms with Gasteiger partial charge in [0.15, 0.2) is 15.5 Å². The maximum atomic E-state index is 11.0. The molecule has 0 aromatic carbocycles. The SMILES string of the molecule is CC1C(N=[N+]=[N-])(N=[N+]=[N-])CS1(=O)=O. The van der Waals surface area contributed by atoms with Crippen LogP contribution in [0.25, 0.3) is 20.9 Å². The first-order valence-electron chi connectivity index (χ1n) is 3.32. The smallest absolute Gasteiger partial charge is 0.157 e. The molecule has 0 bridgehead atoms. The van der Waals surface area contributed by atoms with Crippen molar-refractivity contribution < 1.29 is 8.42 Å². The Morgan fingerprint density at radius 1 is 1.38 bits per heavy atom. The van der Waals surface area contributed by atoms with Crippen molar-refractivity contribution in [2.24, 2.45) is 10.2 Å². The van der Waals surface area contributed by atoms with Crippen LogP contribution in [-0.2, 0) is 9.84 Å². The molecule has 0 aromatic rings. The van der Waals surface area contributed by atoms with E-state index >= 15 is 0 Å². The number of sulfone groups is 1. The molecule has 0 N–H and O–H groups in total. The molecule has 1 aliphatic heterocycles. The molecule has 0 spiro atoms. The summed E-state index contributed by atoms with van der Waals surface area (Å²) in [6, 6.07) is 0. The van der Waals surface area contributed by atoms with Crippen LogP contribution >= 0.6 is 0 Å². The molecule has 1 saturated heterocycles. The molecule has 1 atom stereocenters. The van der Waals surface area contributed by atoms with E-state index in [1.54, 1.807) is 0 Å². The summed E-state index contributed by atoms with van der Waals surface area (Å²) in [4.78, 5) is 4.92. The van der Waals surface area contributed by atoms with Crippen LogP contribution in [0.2, 0.25) is 0 Å². The summed E-state index contributed by atoms with van der Waals surface area (Å²) in [6.45, 7) is 1.35. The summed E-state index contributed by atoms with van der Waals surface area (Å²) in [7, 11) is -3.24. The van der Waals surface area contributed by atoms with E-state index in [0.29, 0.717) is 0 Å². The van der Waals surface area contributed by atoms with E-state index in [0.717, 1.165) is 0 Å². The lowest BCUT2D eigenvalue weighted by atomic mass is 10.1. The van der Waals surface area contributed by atoms with Crippen molar-refractivity contribution in [1.29, 1.82) is 0 Å². The van der Waals surface area contributed by atoms with Gasteiger partial charge >= 0.3 is 0 Å². The molecule has 8 nitrogen and oxygen atoms in total. The van der Waals surface area contributed by atoms with Gasteiger partial charge in [-0.15, -0.1) is 0 Å². The maximum absolute atomic E-state index is 11.0. The summed E-state index contributed by atoms with van der Waals surface area (Å²) < 4.78 is 22.0. The van der Waals surface area contributed by atoms with E-state index < -0.39 is 26.5 Å². The van der Waals surface area contributed by atoms with Gasteiger partial charge in [-0.05, 0) is 18.0 Å². The Morgan fingerprint density at radius 2 is 1.85 bits per heavy atom. The molecule has 0 aromatic heterocycles. The third kappa shape index (κ3) is 1.29. The van der Waals surface area contributed by atoms with Gasteiger partial charge in [-0.25, -0.2) is 8.42 Å². The molecule has 13 heavy (non-hydrogen) atoms. The first-order chi connectivity index (χ1) is 5.98. The van der Waals surface area contributed by atoms with Gasteiger partial charge in [0.05, 0.1) is 11.0 Å². The van der Waals surface area contributed by atoms with Crippen molar-refractivity contribution in [3.63, 3.8) is 0 Å². The zero-order valence-corrected chi connectivity index (χ0v) is 7.51. The fourth-order valence-corrected chi connectivity index (χ4v) is 2.78. The quantitative estimate of drug-likeness (QED) is 0.377. The largest absolute Gasteiger partial charge is 0.229 e. The zero-order valence-electron chi connectivity index (χ0n) is 6.69. The van der Waals surface area contributed by atoms with Crippen LogP contribution in [0.3, 0.4) is 0 Å². The van der Waals surface area contributed by atoms with E-state index in [4.69, 9.17) is 11.1 Å². The van der Waals surface area contributed by atoms with E-state index in [2.05, 4.69) is 20.1 Å². The number of hydrogen-bond donors (Lipinski definition) is 0. The van der Waals surface area contributed by atoms with Crippen LogP contribution in [0.1, 0.15) is 6.92 Å². The van der Waals surface area contributed by atoms with E-state index in [-0.39, 0.29) is 0 Å². The molecule has 1 heterocycles. The van der Waals surface area contributed by atoms with Crippen LogP contribution in [-0.4, -0.2) is 25.1 Å². The lowest BCUT2D eigenvalue weighted by Crippen LogP contribution is -2.58. The second-order valence-corrected chi connectivity index (χ2v) is 5.03. The number of hydrogen-bond acceptors (Lipinski definition) is 4. The zero-order chi connectivity index (χ0) is 10.1. The van der Waals surface area contributed by atoms with Gasteiger partial charge in [-0.3, -0.25) is 0 Å². The fraction of sp³-hybridized carbons (Fsp3) is 1.00. The van der Waals surface area contributed by atoms with Crippen molar-refractivity contribution in [3.05, 3.63) is 20.9 Å². The maximum Gasteiger partial charge on any atom is 0.157 e. The lowest BCUT2D eigenvalue weighted by molar-refractivity contribution is 0.404. The van der Waals surface area contributed by atoms with Crippen molar-refractivity contribution in [2.75, 3.05) is 5.75 Å². The highest BCUT2D eigenvalue weighted by Crippen LogP contribution is 2.37. The molecule has 0 saturated carbocycles. The topological polar surface area (TPSA) is 132 Å². The third-order valence-electron chi connectivity index (χ3n) is 2.04. The second kappa shape index (κ2) is 2.81. The number of azide groups is 1. The van der Waals surface area contributed by atoms with E-state index in [9.17, 15) is 8.42 Å². The average Bonchev–Trinajstić information content (AvgIpc) is 2.04. The Kier molecular flexibility index (Phi) is 2.09. The van der Waals surface area contributed by atoms with Gasteiger partial charge < -0.3 is 0 Å². The fourth-order valence-electron chi connectivity index (χ4n) is 1.12. The highest BCUT2D eigenvalue weighted by molar-refractivity contribution is 7.93. The summed E-state index contributed by atoms with van der Waals surface area (Å²) in [5.41, 5.74) is 14.9. The Morgan fingerprint density at radius 3 is 2.08 bits per heavy atom. The van der Waals surface area contributed by atoms with Crippen molar-refractivity contribution in [2.45, 2.75) is 17.8 Å². The van der Waals surface area contributed by atoms with Crippen LogP contribution in [0.5, 0.6) is 0 Å². The highest BCUT2D eigenvalue weighted by Gasteiger charge is 2.55. The van der Waals surface area contributed by atoms with Crippen molar-refractivity contribution >= 4 is 9.84 Å². The first-order valence-corrected chi connectivity index (χ1v) is 5.04. The average molecular weight is 202 g/mol. The molecule has 9 heteroatoms. The van der Waals surface area contributed by atoms with E-state index in [1.807, 2.05) is 0 Å². The minimum Gasteiger partial charge on any atom is -0.229 e. The van der Waals surface area contributed by atoms with Crippen LogP contribution < -0.4 is 0 Å².